The first kappa shape index (κ1) is 25.9. The van der Waals surface area contributed by atoms with Crippen LogP contribution in [0.15, 0.2) is 29.9 Å². The van der Waals surface area contributed by atoms with Gasteiger partial charge in [0.2, 0.25) is 5.91 Å². The van der Waals surface area contributed by atoms with Gasteiger partial charge < -0.3 is 15.7 Å². The van der Waals surface area contributed by atoms with E-state index in [-0.39, 0.29) is 30.4 Å². The van der Waals surface area contributed by atoms with Crippen LogP contribution in [0.3, 0.4) is 0 Å². The van der Waals surface area contributed by atoms with E-state index in [1.165, 1.54) is 17.4 Å². The number of amides is 1. The van der Waals surface area contributed by atoms with E-state index in [0.29, 0.717) is 29.8 Å². The molecule has 0 radical (unpaired) electrons. The molecule has 0 bridgehead atoms. The maximum atomic E-state index is 13.3. The summed E-state index contributed by atoms with van der Waals surface area (Å²) in [5, 5.41) is 21.6. The Morgan fingerprint density at radius 1 is 1.27 bits per heavy atom. The third-order valence-corrected chi connectivity index (χ3v) is 8.37. The highest BCUT2D eigenvalue weighted by molar-refractivity contribution is 7.09. The van der Waals surface area contributed by atoms with Crippen molar-refractivity contribution < 1.29 is 23.1 Å². The zero-order chi connectivity index (χ0) is 26.4. The number of nitrogens with zero attached hydrogens (tertiary/aromatic N) is 4. The van der Waals surface area contributed by atoms with Crippen LogP contribution in [0.1, 0.15) is 56.0 Å². The molecule has 0 spiro atoms. The highest BCUT2D eigenvalue weighted by Crippen LogP contribution is 2.41. The number of thiazole rings is 1. The molecule has 1 saturated heterocycles. The monoisotopic (exact) mass is 536 g/mol. The lowest BCUT2D eigenvalue weighted by atomic mass is 9.80. The number of aromatic nitrogens is 3. The van der Waals surface area contributed by atoms with E-state index in [1.54, 1.807) is 16.4 Å². The molecule has 2 aliphatic rings. The third-order valence-electron chi connectivity index (χ3n) is 7.40. The highest BCUT2D eigenvalue weighted by atomic mass is 32.1. The first-order chi connectivity index (χ1) is 17.5. The van der Waals surface area contributed by atoms with E-state index < -0.39 is 17.3 Å². The third kappa shape index (κ3) is 5.32. The Labute approximate surface area is 216 Å². The summed E-state index contributed by atoms with van der Waals surface area (Å²) in [6, 6.07) is 3.90. The fraction of sp³-hybridized carbons (Fsp3) is 0.560. The van der Waals surface area contributed by atoms with Gasteiger partial charge in [-0.2, -0.15) is 18.3 Å². The number of carbonyl (C=O) groups is 1. The Balaban J connectivity index is 1.13. The molecule has 3 N–H and O–H groups in total. The molecule has 3 aromatic rings. The van der Waals surface area contributed by atoms with Crippen molar-refractivity contribution in [1.82, 2.24) is 25.0 Å². The summed E-state index contributed by atoms with van der Waals surface area (Å²) in [5.41, 5.74) is 0.790. The van der Waals surface area contributed by atoms with Gasteiger partial charge in [0.25, 0.3) is 0 Å². The molecule has 0 unspecified atom stereocenters. The van der Waals surface area contributed by atoms with Gasteiger partial charge in [-0.05, 0) is 57.7 Å². The normalized spacial score (nSPS) is 23.4. The van der Waals surface area contributed by atoms with Crippen molar-refractivity contribution in [3.05, 3.63) is 40.3 Å². The predicted octanol–water partition coefficient (Wildman–Crippen LogP) is 4.14. The molecule has 12 heteroatoms. The van der Waals surface area contributed by atoms with Crippen molar-refractivity contribution in [2.24, 2.45) is 0 Å². The van der Waals surface area contributed by atoms with Crippen LogP contribution in [-0.4, -0.2) is 62.4 Å². The number of hydrogen-bond donors (Lipinski definition) is 3. The first-order valence-electron chi connectivity index (χ1n) is 12.5. The predicted molar refractivity (Wildman–Crippen MR) is 135 cm³/mol. The van der Waals surface area contributed by atoms with Gasteiger partial charge in [-0.1, -0.05) is 0 Å². The molecule has 2 fully saturated rings. The summed E-state index contributed by atoms with van der Waals surface area (Å²) < 4.78 is 41.4. The summed E-state index contributed by atoms with van der Waals surface area (Å²) in [7, 11) is 0. The number of hydrogen-bond acceptors (Lipinski definition) is 7. The van der Waals surface area contributed by atoms with Crippen molar-refractivity contribution in [1.29, 1.82) is 0 Å². The van der Waals surface area contributed by atoms with Crippen LogP contribution in [-0.2, 0) is 16.6 Å². The number of fused-ring (bicyclic) bond motifs is 1. The van der Waals surface area contributed by atoms with E-state index in [2.05, 4.69) is 25.6 Å². The molecule has 8 nitrogen and oxygen atoms in total. The quantitative estimate of drug-likeness (QED) is 0.420. The lowest BCUT2D eigenvalue weighted by molar-refractivity contribution is -0.137. The largest absolute Gasteiger partial charge is 0.416 e. The van der Waals surface area contributed by atoms with Crippen molar-refractivity contribution in [2.75, 3.05) is 25.0 Å². The zero-order valence-corrected chi connectivity index (χ0v) is 21.6. The molecule has 2 aromatic heterocycles. The molecule has 1 saturated carbocycles. The van der Waals surface area contributed by atoms with Crippen LogP contribution in [0.2, 0.25) is 0 Å². The average molecular weight is 537 g/mol. The summed E-state index contributed by atoms with van der Waals surface area (Å²) >= 11 is 1.49. The van der Waals surface area contributed by atoms with Gasteiger partial charge in [0.05, 0.1) is 34.1 Å². The van der Waals surface area contributed by atoms with E-state index in [1.807, 2.05) is 13.8 Å². The van der Waals surface area contributed by atoms with Crippen LogP contribution in [0.5, 0.6) is 0 Å². The number of carbonyl (C=O) groups excluding carboxylic acids is 1. The van der Waals surface area contributed by atoms with Crippen molar-refractivity contribution in [2.45, 2.75) is 69.4 Å². The number of nitrogens with one attached hydrogen (secondary N) is 2. The summed E-state index contributed by atoms with van der Waals surface area (Å²) in [6.45, 7) is 5.21. The van der Waals surface area contributed by atoms with E-state index in [4.69, 9.17) is 0 Å². The Kier molecular flexibility index (Phi) is 6.92. The van der Waals surface area contributed by atoms with Crippen LogP contribution < -0.4 is 10.6 Å². The Hall–Kier alpha value is -2.70. The molecule has 1 aliphatic heterocycles. The maximum Gasteiger partial charge on any atom is 0.416 e. The first-order valence-corrected chi connectivity index (χ1v) is 13.4. The molecule has 200 valence electrons. The molecular weight excluding hydrogens is 505 g/mol. The fourth-order valence-electron chi connectivity index (χ4n) is 5.32. The van der Waals surface area contributed by atoms with E-state index >= 15 is 0 Å². The number of likely N-dealkylation sites (tertiary alicyclic amines) is 1. The maximum absolute atomic E-state index is 13.3. The minimum atomic E-state index is -4.46. The summed E-state index contributed by atoms with van der Waals surface area (Å²) in [6.07, 6.45) is 0.468. The van der Waals surface area contributed by atoms with Crippen molar-refractivity contribution in [3.8, 4) is 0 Å². The Bertz CT molecular complexity index is 1250. The standard InChI is InChI=1S/C25H31F3N6O2S/c1-15(2)34-20-4-3-16(25(26,27)28)9-19(20)23(32-34)30-11-22(35)31-17-12-33(13-17)18-5-7-24(36,8-6-18)21-10-29-14-37-21/h3-4,9-10,14-15,17-18,36H,5-8,11-13H2,1-2H3,(H,30,32)(H,31,35). The SMILES string of the molecule is CC(C)n1nc(NCC(=O)NC2CN(C3CCC(O)(c4cncs4)CC3)C2)c2cc(C(F)(F)F)ccc21. The second-order valence-electron chi connectivity index (χ2n) is 10.3. The smallest absolute Gasteiger partial charge is 0.384 e. The Morgan fingerprint density at radius 3 is 2.62 bits per heavy atom. The number of benzene rings is 1. The van der Waals surface area contributed by atoms with Crippen LogP contribution in [0.4, 0.5) is 19.0 Å². The van der Waals surface area contributed by atoms with Gasteiger partial charge in [0.15, 0.2) is 5.82 Å². The molecule has 3 heterocycles. The lowest BCUT2D eigenvalue weighted by Gasteiger charge is -2.48. The van der Waals surface area contributed by atoms with Gasteiger partial charge in [0, 0.05) is 36.8 Å². The molecule has 1 aliphatic carbocycles. The fourth-order valence-corrected chi connectivity index (χ4v) is 6.10. The van der Waals surface area contributed by atoms with Gasteiger partial charge in [-0.3, -0.25) is 19.4 Å². The molecule has 1 amide bonds. The van der Waals surface area contributed by atoms with E-state index in [9.17, 15) is 23.1 Å². The number of halogens is 3. The molecule has 0 atom stereocenters. The number of aliphatic hydroxyl groups is 1. The second kappa shape index (κ2) is 9.88. The Morgan fingerprint density at radius 2 is 2.00 bits per heavy atom. The topological polar surface area (TPSA) is 95.3 Å². The van der Waals surface area contributed by atoms with Gasteiger partial charge in [0.1, 0.15) is 5.60 Å². The summed E-state index contributed by atoms with van der Waals surface area (Å²) in [4.78, 5) is 19.9. The highest BCUT2D eigenvalue weighted by Gasteiger charge is 2.41. The van der Waals surface area contributed by atoms with Crippen molar-refractivity contribution in [3.63, 3.8) is 0 Å². The number of alkyl halides is 3. The lowest BCUT2D eigenvalue weighted by Crippen LogP contribution is -2.63. The van der Waals surface area contributed by atoms with E-state index in [0.717, 1.165) is 42.9 Å². The minimum absolute atomic E-state index is 0.0263. The van der Waals surface area contributed by atoms with Crippen LogP contribution in [0, 0.1) is 0 Å². The minimum Gasteiger partial charge on any atom is -0.384 e. The zero-order valence-electron chi connectivity index (χ0n) is 20.8. The van der Waals surface area contributed by atoms with Crippen LogP contribution >= 0.6 is 11.3 Å². The van der Waals surface area contributed by atoms with Crippen LogP contribution in [0.25, 0.3) is 10.9 Å². The second-order valence-corrected chi connectivity index (χ2v) is 11.2. The van der Waals surface area contributed by atoms with Gasteiger partial charge in [-0.25, -0.2) is 0 Å². The van der Waals surface area contributed by atoms with Crippen molar-refractivity contribution >= 4 is 34.0 Å². The van der Waals surface area contributed by atoms with Gasteiger partial charge >= 0.3 is 6.18 Å². The molecule has 37 heavy (non-hydrogen) atoms. The number of anilines is 1. The van der Waals surface area contributed by atoms with Gasteiger partial charge in [-0.15, -0.1) is 11.3 Å². The average Bonchev–Trinajstić information content (AvgIpc) is 3.49. The molecule has 1 aromatic carbocycles. The number of rotatable bonds is 7. The molecular formula is C25H31F3N6O2S. The summed E-state index contributed by atoms with van der Waals surface area (Å²) in [5.74, 6) is 0.0305. The molecule has 5 rings (SSSR count).